The first-order chi connectivity index (χ1) is 13.7. The highest BCUT2D eigenvalue weighted by Crippen LogP contribution is 2.25. The number of benzene rings is 3. The highest BCUT2D eigenvalue weighted by atomic mass is 16.5. The second kappa shape index (κ2) is 8.17. The molecule has 4 heteroatoms. The minimum atomic E-state index is 0.0399. The van der Waals surface area contributed by atoms with Crippen molar-refractivity contribution in [3.8, 4) is 11.5 Å². The summed E-state index contributed by atoms with van der Waals surface area (Å²) >= 11 is 0. The monoisotopic (exact) mass is 373 g/mol. The van der Waals surface area contributed by atoms with Crippen molar-refractivity contribution in [2.45, 2.75) is 19.6 Å². The van der Waals surface area contributed by atoms with E-state index in [2.05, 4.69) is 18.2 Å². The predicted molar refractivity (Wildman–Crippen MR) is 109 cm³/mol. The number of rotatable bonds is 5. The zero-order chi connectivity index (χ0) is 19.3. The Kier molecular flexibility index (Phi) is 5.29. The normalized spacial score (nSPS) is 13.0. The Morgan fingerprint density at radius 1 is 0.964 bits per heavy atom. The average Bonchev–Trinajstić information content (AvgIpc) is 2.77. The molecule has 4 nitrogen and oxygen atoms in total. The molecular formula is C24H23NO3. The van der Waals surface area contributed by atoms with Crippen molar-refractivity contribution in [3.05, 3.63) is 95.1 Å². The fraction of sp³-hybridized carbons (Fsp3) is 0.208. The first-order valence-corrected chi connectivity index (χ1v) is 9.45. The van der Waals surface area contributed by atoms with E-state index in [-0.39, 0.29) is 5.91 Å². The maximum atomic E-state index is 13.1. The Balaban J connectivity index is 1.52. The van der Waals surface area contributed by atoms with Gasteiger partial charge < -0.3 is 14.4 Å². The van der Waals surface area contributed by atoms with Gasteiger partial charge in [0.1, 0.15) is 18.1 Å². The van der Waals surface area contributed by atoms with Crippen molar-refractivity contribution in [3.63, 3.8) is 0 Å². The third kappa shape index (κ3) is 3.86. The van der Waals surface area contributed by atoms with E-state index in [1.807, 2.05) is 59.5 Å². The number of nitrogens with zero attached hydrogens (tertiary/aromatic N) is 1. The van der Waals surface area contributed by atoms with Gasteiger partial charge in [-0.2, -0.15) is 0 Å². The van der Waals surface area contributed by atoms with E-state index in [0.29, 0.717) is 18.7 Å². The third-order valence-corrected chi connectivity index (χ3v) is 5.08. The molecule has 0 spiro atoms. The van der Waals surface area contributed by atoms with E-state index in [9.17, 15) is 4.79 Å². The van der Waals surface area contributed by atoms with Gasteiger partial charge in [0, 0.05) is 24.2 Å². The lowest BCUT2D eigenvalue weighted by molar-refractivity contribution is 0.0734. The molecule has 1 aliphatic heterocycles. The Bertz CT molecular complexity index is 969. The highest BCUT2D eigenvalue weighted by Gasteiger charge is 2.22. The average molecular weight is 373 g/mol. The number of carbonyl (C=O) groups excluding carboxylic acids is 1. The maximum absolute atomic E-state index is 13.1. The quantitative estimate of drug-likeness (QED) is 0.662. The standard InChI is InChI=1S/C24H23NO3/c1-27-23-12-11-19(15-21(23)17-28-22-9-3-2-4-10-22)24(26)25-14-13-18-7-5-6-8-20(18)16-25/h2-12,15H,13-14,16-17H2,1H3. The fourth-order valence-electron chi connectivity index (χ4n) is 3.55. The maximum Gasteiger partial charge on any atom is 0.254 e. The van der Waals surface area contributed by atoms with E-state index < -0.39 is 0 Å². The third-order valence-electron chi connectivity index (χ3n) is 5.08. The summed E-state index contributed by atoms with van der Waals surface area (Å²) in [6, 6.07) is 23.5. The molecule has 4 rings (SSSR count). The van der Waals surface area contributed by atoms with Crippen LogP contribution in [0.5, 0.6) is 11.5 Å². The Morgan fingerprint density at radius 2 is 1.71 bits per heavy atom. The minimum Gasteiger partial charge on any atom is -0.496 e. The van der Waals surface area contributed by atoms with Crippen LogP contribution in [-0.2, 0) is 19.6 Å². The number of ether oxygens (including phenoxy) is 2. The Morgan fingerprint density at radius 3 is 2.50 bits per heavy atom. The van der Waals surface area contributed by atoms with Crippen molar-refractivity contribution in [2.24, 2.45) is 0 Å². The molecule has 0 radical (unpaired) electrons. The zero-order valence-corrected chi connectivity index (χ0v) is 15.9. The summed E-state index contributed by atoms with van der Waals surface area (Å²) in [4.78, 5) is 15.0. The van der Waals surface area contributed by atoms with Crippen LogP contribution in [0.3, 0.4) is 0 Å². The zero-order valence-electron chi connectivity index (χ0n) is 15.9. The first-order valence-electron chi connectivity index (χ1n) is 9.45. The molecule has 0 N–H and O–H groups in total. The molecule has 0 unspecified atom stereocenters. The molecule has 0 atom stereocenters. The molecule has 28 heavy (non-hydrogen) atoms. The lowest BCUT2D eigenvalue weighted by Crippen LogP contribution is -2.36. The van der Waals surface area contributed by atoms with Gasteiger partial charge in [0.25, 0.3) is 5.91 Å². The minimum absolute atomic E-state index is 0.0399. The van der Waals surface area contributed by atoms with E-state index in [4.69, 9.17) is 9.47 Å². The van der Waals surface area contributed by atoms with Crippen molar-refractivity contribution >= 4 is 5.91 Å². The van der Waals surface area contributed by atoms with Gasteiger partial charge in [-0.3, -0.25) is 4.79 Å². The van der Waals surface area contributed by atoms with Gasteiger partial charge in [0.05, 0.1) is 7.11 Å². The van der Waals surface area contributed by atoms with Crippen LogP contribution in [0.2, 0.25) is 0 Å². The summed E-state index contributed by atoms with van der Waals surface area (Å²) in [7, 11) is 1.63. The summed E-state index contributed by atoms with van der Waals surface area (Å²) < 4.78 is 11.3. The Labute approximate surface area is 165 Å². The van der Waals surface area contributed by atoms with Gasteiger partial charge in [0.2, 0.25) is 0 Å². The largest absolute Gasteiger partial charge is 0.496 e. The van der Waals surface area contributed by atoms with Crippen LogP contribution in [0.4, 0.5) is 0 Å². The molecule has 3 aromatic rings. The van der Waals surface area contributed by atoms with E-state index in [1.165, 1.54) is 11.1 Å². The highest BCUT2D eigenvalue weighted by molar-refractivity contribution is 5.94. The number of amides is 1. The summed E-state index contributed by atoms with van der Waals surface area (Å²) in [6.45, 7) is 1.73. The van der Waals surface area contributed by atoms with Gasteiger partial charge in [0.15, 0.2) is 0 Å². The number of methoxy groups -OCH3 is 1. The van der Waals surface area contributed by atoms with Crippen LogP contribution in [0, 0.1) is 0 Å². The van der Waals surface area contributed by atoms with Gasteiger partial charge in [-0.25, -0.2) is 0 Å². The van der Waals surface area contributed by atoms with Gasteiger partial charge >= 0.3 is 0 Å². The molecule has 142 valence electrons. The van der Waals surface area contributed by atoms with Crippen LogP contribution in [0.1, 0.15) is 27.0 Å². The molecule has 0 saturated carbocycles. The molecule has 1 amide bonds. The van der Waals surface area contributed by atoms with Crippen molar-refractivity contribution in [1.82, 2.24) is 4.90 Å². The Hall–Kier alpha value is -3.27. The first kappa shape index (κ1) is 18.1. The van der Waals surface area contributed by atoms with Crippen LogP contribution in [-0.4, -0.2) is 24.5 Å². The topological polar surface area (TPSA) is 38.8 Å². The summed E-state index contributed by atoms with van der Waals surface area (Å²) in [5.74, 6) is 1.54. The van der Waals surface area contributed by atoms with Crippen LogP contribution >= 0.6 is 0 Å². The number of fused-ring (bicyclic) bond motifs is 1. The fourth-order valence-corrected chi connectivity index (χ4v) is 3.55. The molecular weight excluding hydrogens is 350 g/mol. The second-order valence-electron chi connectivity index (χ2n) is 6.87. The van der Waals surface area contributed by atoms with E-state index >= 15 is 0 Å². The molecule has 0 fully saturated rings. The number of carbonyl (C=O) groups is 1. The van der Waals surface area contributed by atoms with E-state index in [0.717, 1.165) is 30.0 Å². The van der Waals surface area contributed by atoms with Gasteiger partial charge in [-0.15, -0.1) is 0 Å². The molecule has 0 saturated heterocycles. The summed E-state index contributed by atoms with van der Waals surface area (Å²) in [5, 5.41) is 0. The van der Waals surface area contributed by atoms with Crippen molar-refractivity contribution in [2.75, 3.05) is 13.7 Å². The molecule has 1 heterocycles. The molecule has 3 aromatic carbocycles. The molecule has 1 aliphatic rings. The predicted octanol–water partition coefficient (Wildman–Crippen LogP) is 4.47. The SMILES string of the molecule is COc1ccc(C(=O)N2CCc3ccccc3C2)cc1COc1ccccc1. The van der Waals surface area contributed by atoms with Crippen LogP contribution in [0.15, 0.2) is 72.8 Å². The molecule has 0 aromatic heterocycles. The number of hydrogen-bond donors (Lipinski definition) is 0. The van der Waals surface area contributed by atoms with Crippen molar-refractivity contribution in [1.29, 1.82) is 0 Å². The number of para-hydroxylation sites is 1. The van der Waals surface area contributed by atoms with Crippen LogP contribution in [0.25, 0.3) is 0 Å². The lowest BCUT2D eigenvalue weighted by Gasteiger charge is -2.29. The van der Waals surface area contributed by atoms with E-state index in [1.54, 1.807) is 7.11 Å². The molecule has 0 bridgehead atoms. The number of hydrogen-bond acceptors (Lipinski definition) is 3. The van der Waals surface area contributed by atoms with Gasteiger partial charge in [-0.05, 0) is 47.9 Å². The second-order valence-corrected chi connectivity index (χ2v) is 6.87. The smallest absolute Gasteiger partial charge is 0.254 e. The van der Waals surface area contributed by atoms with Crippen LogP contribution < -0.4 is 9.47 Å². The molecule has 0 aliphatic carbocycles. The van der Waals surface area contributed by atoms with Crippen molar-refractivity contribution < 1.29 is 14.3 Å². The lowest BCUT2D eigenvalue weighted by atomic mass is 9.99. The van der Waals surface area contributed by atoms with Gasteiger partial charge in [-0.1, -0.05) is 42.5 Å². The summed E-state index contributed by atoms with van der Waals surface area (Å²) in [6.07, 6.45) is 0.891. The summed E-state index contributed by atoms with van der Waals surface area (Å²) in [5.41, 5.74) is 4.07.